The minimum absolute atomic E-state index is 0.126. The number of pyridine rings is 1. The lowest BCUT2D eigenvalue weighted by atomic mass is 10.1. The Morgan fingerprint density at radius 2 is 2.04 bits per heavy atom. The number of rotatable bonds is 6. The molecule has 0 bridgehead atoms. The topological polar surface area (TPSA) is 85.8 Å². The number of nitrogens with two attached hydrogens (primary N) is 1. The fraction of sp³-hybridized carbons (Fsp3) is 0.250. The third-order valence-electron chi connectivity index (χ3n) is 4.11. The standard InChI is InChI=1S/C20H23N5O/c1-14-10-15(2)25(24-14)13-16-6-7-19(23-12-16)17-4-3-5-18(11-17)20(26)22-9-8-21/h3-7,10-12H,8-9,13,21H2,1-2H3,(H,22,26). The first-order valence-electron chi connectivity index (χ1n) is 8.61. The number of carbonyl (C=O) groups excluding carboxylic acids is 1. The van der Waals surface area contributed by atoms with Crippen molar-refractivity contribution in [2.75, 3.05) is 13.1 Å². The molecule has 0 unspecified atom stereocenters. The highest BCUT2D eigenvalue weighted by atomic mass is 16.1. The van der Waals surface area contributed by atoms with Gasteiger partial charge in [-0.05, 0) is 43.7 Å². The molecule has 1 aromatic carbocycles. The highest BCUT2D eigenvalue weighted by Gasteiger charge is 2.08. The van der Waals surface area contributed by atoms with Gasteiger partial charge in [0.25, 0.3) is 5.91 Å². The van der Waals surface area contributed by atoms with Crippen LogP contribution in [0.4, 0.5) is 0 Å². The first-order chi connectivity index (χ1) is 12.6. The maximum Gasteiger partial charge on any atom is 0.251 e. The highest BCUT2D eigenvalue weighted by molar-refractivity contribution is 5.95. The third kappa shape index (κ3) is 4.15. The van der Waals surface area contributed by atoms with E-state index in [1.54, 1.807) is 6.07 Å². The van der Waals surface area contributed by atoms with Gasteiger partial charge < -0.3 is 11.1 Å². The minimum Gasteiger partial charge on any atom is -0.351 e. The number of amides is 1. The van der Waals surface area contributed by atoms with Gasteiger partial charge in [-0.2, -0.15) is 5.10 Å². The molecule has 2 heterocycles. The van der Waals surface area contributed by atoms with Crippen LogP contribution in [-0.2, 0) is 6.54 Å². The zero-order valence-corrected chi connectivity index (χ0v) is 15.1. The van der Waals surface area contributed by atoms with Gasteiger partial charge in [0, 0.05) is 36.1 Å². The molecular formula is C20H23N5O. The van der Waals surface area contributed by atoms with Crippen LogP contribution >= 0.6 is 0 Å². The van der Waals surface area contributed by atoms with Crippen LogP contribution in [0, 0.1) is 13.8 Å². The van der Waals surface area contributed by atoms with Crippen molar-refractivity contribution in [1.82, 2.24) is 20.1 Å². The van der Waals surface area contributed by atoms with Gasteiger partial charge in [0.05, 0.1) is 17.9 Å². The minimum atomic E-state index is -0.126. The van der Waals surface area contributed by atoms with E-state index in [0.717, 1.165) is 28.2 Å². The summed E-state index contributed by atoms with van der Waals surface area (Å²) in [6.07, 6.45) is 1.85. The van der Waals surface area contributed by atoms with Gasteiger partial charge in [-0.15, -0.1) is 0 Å². The Labute approximate surface area is 153 Å². The smallest absolute Gasteiger partial charge is 0.251 e. The summed E-state index contributed by atoms with van der Waals surface area (Å²) in [7, 11) is 0. The predicted molar refractivity (Wildman–Crippen MR) is 102 cm³/mol. The van der Waals surface area contributed by atoms with E-state index in [2.05, 4.69) is 21.5 Å². The van der Waals surface area contributed by atoms with Crippen molar-refractivity contribution in [3.05, 3.63) is 71.2 Å². The molecule has 0 aliphatic carbocycles. The van der Waals surface area contributed by atoms with Gasteiger partial charge >= 0.3 is 0 Å². The Morgan fingerprint density at radius 1 is 1.19 bits per heavy atom. The number of nitrogens with zero attached hydrogens (tertiary/aromatic N) is 3. The number of aromatic nitrogens is 3. The SMILES string of the molecule is Cc1cc(C)n(Cc2ccc(-c3cccc(C(=O)NCCN)c3)nc2)n1. The van der Waals surface area contributed by atoms with Crippen molar-refractivity contribution in [1.29, 1.82) is 0 Å². The summed E-state index contributed by atoms with van der Waals surface area (Å²) in [5.74, 6) is -0.126. The molecule has 3 N–H and O–H groups in total. The summed E-state index contributed by atoms with van der Waals surface area (Å²) >= 11 is 0. The van der Waals surface area contributed by atoms with Crippen LogP contribution in [0.3, 0.4) is 0 Å². The molecule has 0 fully saturated rings. The summed E-state index contributed by atoms with van der Waals surface area (Å²) in [5.41, 5.74) is 11.0. The molecule has 0 saturated heterocycles. The second-order valence-electron chi connectivity index (χ2n) is 6.26. The van der Waals surface area contributed by atoms with E-state index in [1.807, 2.05) is 55.1 Å². The average molecular weight is 349 g/mol. The molecule has 0 atom stereocenters. The van der Waals surface area contributed by atoms with Gasteiger partial charge in [-0.3, -0.25) is 14.5 Å². The molecule has 0 saturated carbocycles. The summed E-state index contributed by atoms with van der Waals surface area (Å²) < 4.78 is 1.97. The van der Waals surface area contributed by atoms with Gasteiger partial charge in [0.2, 0.25) is 0 Å². The third-order valence-corrected chi connectivity index (χ3v) is 4.11. The van der Waals surface area contributed by atoms with Crippen LogP contribution in [-0.4, -0.2) is 33.8 Å². The van der Waals surface area contributed by atoms with Crippen molar-refractivity contribution in [2.45, 2.75) is 20.4 Å². The quantitative estimate of drug-likeness (QED) is 0.715. The fourth-order valence-electron chi connectivity index (χ4n) is 2.80. The molecule has 0 spiro atoms. The zero-order chi connectivity index (χ0) is 18.5. The largest absolute Gasteiger partial charge is 0.351 e. The van der Waals surface area contributed by atoms with Crippen LogP contribution < -0.4 is 11.1 Å². The molecule has 1 amide bonds. The Bertz CT molecular complexity index is 899. The Balaban J connectivity index is 1.76. The van der Waals surface area contributed by atoms with Crippen LogP contribution in [0.1, 0.15) is 27.3 Å². The van der Waals surface area contributed by atoms with Crippen LogP contribution in [0.15, 0.2) is 48.7 Å². The van der Waals surface area contributed by atoms with E-state index < -0.39 is 0 Å². The van der Waals surface area contributed by atoms with Crippen LogP contribution in [0.25, 0.3) is 11.3 Å². The Hall–Kier alpha value is -2.99. The lowest BCUT2D eigenvalue weighted by Crippen LogP contribution is -2.28. The molecule has 0 radical (unpaired) electrons. The van der Waals surface area contributed by atoms with E-state index in [4.69, 9.17) is 5.73 Å². The molecule has 6 nitrogen and oxygen atoms in total. The molecule has 134 valence electrons. The lowest BCUT2D eigenvalue weighted by molar-refractivity contribution is 0.0955. The predicted octanol–water partition coefficient (Wildman–Crippen LogP) is 2.30. The van der Waals surface area contributed by atoms with Crippen molar-refractivity contribution in [2.24, 2.45) is 5.73 Å². The number of hydrogen-bond donors (Lipinski definition) is 2. The summed E-state index contributed by atoms with van der Waals surface area (Å²) in [5, 5.41) is 7.25. The molecule has 2 aromatic heterocycles. The number of carbonyl (C=O) groups is 1. The molecule has 3 aromatic rings. The second kappa shape index (κ2) is 7.93. The van der Waals surface area contributed by atoms with Gasteiger partial charge in [-0.1, -0.05) is 18.2 Å². The molecule has 0 aliphatic rings. The Kier molecular flexibility index (Phi) is 5.43. The van der Waals surface area contributed by atoms with Gasteiger partial charge in [0.1, 0.15) is 0 Å². The van der Waals surface area contributed by atoms with Crippen molar-refractivity contribution >= 4 is 5.91 Å². The number of benzene rings is 1. The summed E-state index contributed by atoms with van der Waals surface area (Å²) in [6, 6.07) is 13.5. The van der Waals surface area contributed by atoms with E-state index in [9.17, 15) is 4.79 Å². The molecular weight excluding hydrogens is 326 g/mol. The highest BCUT2D eigenvalue weighted by Crippen LogP contribution is 2.19. The van der Waals surface area contributed by atoms with Crippen LogP contribution in [0.2, 0.25) is 0 Å². The normalized spacial score (nSPS) is 10.7. The van der Waals surface area contributed by atoms with E-state index in [1.165, 1.54) is 0 Å². The van der Waals surface area contributed by atoms with Gasteiger partial charge in [-0.25, -0.2) is 0 Å². The molecule has 26 heavy (non-hydrogen) atoms. The monoisotopic (exact) mass is 349 g/mol. The number of aryl methyl sites for hydroxylation is 2. The second-order valence-corrected chi connectivity index (χ2v) is 6.26. The zero-order valence-electron chi connectivity index (χ0n) is 15.1. The fourth-order valence-corrected chi connectivity index (χ4v) is 2.80. The van der Waals surface area contributed by atoms with E-state index in [0.29, 0.717) is 25.2 Å². The van der Waals surface area contributed by atoms with Crippen molar-refractivity contribution in [3.63, 3.8) is 0 Å². The number of nitrogens with one attached hydrogen (secondary N) is 1. The van der Waals surface area contributed by atoms with Crippen molar-refractivity contribution < 1.29 is 4.79 Å². The molecule has 0 aliphatic heterocycles. The average Bonchev–Trinajstić information content (AvgIpc) is 2.97. The summed E-state index contributed by atoms with van der Waals surface area (Å²) in [6.45, 7) is 5.60. The maximum atomic E-state index is 12.1. The lowest BCUT2D eigenvalue weighted by Gasteiger charge is -2.08. The van der Waals surface area contributed by atoms with E-state index >= 15 is 0 Å². The molecule has 6 heteroatoms. The Morgan fingerprint density at radius 3 is 2.69 bits per heavy atom. The summed E-state index contributed by atoms with van der Waals surface area (Å²) in [4.78, 5) is 16.6. The van der Waals surface area contributed by atoms with Gasteiger partial charge in [0.15, 0.2) is 0 Å². The van der Waals surface area contributed by atoms with E-state index in [-0.39, 0.29) is 5.91 Å². The first kappa shape index (κ1) is 17.8. The van der Waals surface area contributed by atoms with Crippen molar-refractivity contribution in [3.8, 4) is 11.3 Å². The molecule has 3 rings (SSSR count). The maximum absolute atomic E-state index is 12.1. The number of hydrogen-bond acceptors (Lipinski definition) is 4. The van der Waals surface area contributed by atoms with Crippen LogP contribution in [0.5, 0.6) is 0 Å². The first-order valence-corrected chi connectivity index (χ1v) is 8.61.